The summed E-state index contributed by atoms with van der Waals surface area (Å²) in [6.45, 7) is 1.60. The Labute approximate surface area is 154 Å². The minimum Gasteiger partial charge on any atom is -0.496 e. The van der Waals surface area contributed by atoms with Gasteiger partial charge >= 0.3 is 0 Å². The van der Waals surface area contributed by atoms with E-state index in [2.05, 4.69) is 33.1 Å². The maximum absolute atomic E-state index is 12.1. The molecule has 0 saturated heterocycles. The van der Waals surface area contributed by atoms with Gasteiger partial charge in [0.05, 0.1) is 12.7 Å². The van der Waals surface area contributed by atoms with Crippen LogP contribution in [0.4, 0.5) is 5.69 Å². The molecule has 0 aliphatic rings. The topological polar surface area (TPSA) is 85.9 Å². The number of amidine groups is 1. The molecule has 126 valence electrons. The van der Waals surface area contributed by atoms with E-state index < -0.39 is 6.10 Å². The third-order valence-corrected chi connectivity index (χ3v) is 3.89. The van der Waals surface area contributed by atoms with Crippen LogP contribution in [0.5, 0.6) is 5.75 Å². The van der Waals surface area contributed by atoms with E-state index in [4.69, 9.17) is 15.3 Å². The van der Waals surface area contributed by atoms with Crippen molar-refractivity contribution in [1.82, 2.24) is 0 Å². The molecular formula is C17H18IN3O3. The number of oxime groups is 1. The maximum atomic E-state index is 12.1. The van der Waals surface area contributed by atoms with Crippen molar-refractivity contribution in [2.24, 2.45) is 10.9 Å². The minimum atomic E-state index is -0.794. The summed E-state index contributed by atoms with van der Waals surface area (Å²) in [6.07, 6.45) is -0.794. The zero-order valence-corrected chi connectivity index (χ0v) is 15.5. The van der Waals surface area contributed by atoms with Crippen molar-refractivity contribution in [3.63, 3.8) is 0 Å². The molecule has 0 aliphatic heterocycles. The van der Waals surface area contributed by atoms with E-state index in [-0.39, 0.29) is 11.7 Å². The van der Waals surface area contributed by atoms with Crippen LogP contribution in [0.2, 0.25) is 0 Å². The number of hydrogen-bond donors (Lipinski definition) is 2. The van der Waals surface area contributed by atoms with Gasteiger partial charge in [0.15, 0.2) is 5.84 Å². The zero-order chi connectivity index (χ0) is 17.5. The van der Waals surface area contributed by atoms with Gasteiger partial charge in [-0.15, -0.1) is 0 Å². The van der Waals surface area contributed by atoms with Gasteiger partial charge in [-0.05, 0) is 65.9 Å². The van der Waals surface area contributed by atoms with Crippen molar-refractivity contribution in [1.29, 1.82) is 0 Å². The predicted molar refractivity (Wildman–Crippen MR) is 102 cm³/mol. The monoisotopic (exact) mass is 439 g/mol. The second-order valence-corrected chi connectivity index (χ2v) is 6.17. The third-order valence-electron chi connectivity index (χ3n) is 3.17. The molecule has 7 heteroatoms. The first-order valence-corrected chi connectivity index (χ1v) is 8.28. The van der Waals surface area contributed by atoms with Crippen LogP contribution >= 0.6 is 22.6 Å². The molecule has 0 radical (unpaired) electrons. The Hall–Kier alpha value is -2.29. The number of nitrogens with two attached hydrogens (primary N) is 1. The van der Waals surface area contributed by atoms with Gasteiger partial charge in [-0.25, -0.2) is 0 Å². The van der Waals surface area contributed by atoms with Crippen molar-refractivity contribution in [3.05, 3.63) is 57.7 Å². The SMILES string of the molecule is COc1ccccc1/C(N)=N/OC(C)C(=O)Nc1ccc(I)cc1. The highest BCUT2D eigenvalue weighted by Crippen LogP contribution is 2.17. The molecule has 2 aromatic carbocycles. The lowest BCUT2D eigenvalue weighted by Crippen LogP contribution is -2.27. The molecule has 1 amide bonds. The number of nitrogens with one attached hydrogen (secondary N) is 1. The average Bonchev–Trinajstić information content (AvgIpc) is 2.61. The summed E-state index contributed by atoms with van der Waals surface area (Å²) in [5, 5.41) is 6.59. The van der Waals surface area contributed by atoms with Crippen molar-refractivity contribution in [2.45, 2.75) is 13.0 Å². The van der Waals surface area contributed by atoms with Crippen LogP contribution in [0, 0.1) is 3.57 Å². The van der Waals surface area contributed by atoms with Gasteiger partial charge in [-0.3, -0.25) is 4.79 Å². The number of halogens is 1. The molecule has 6 nitrogen and oxygen atoms in total. The number of nitrogens with zero attached hydrogens (tertiary/aromatic N) is 1. The van der Waals surface area contributed by atoms with Gasteiger partial charge in [0.25, 0.3) is 5.91 Å². The van der Waals surface area contributed by atoms with E-state index in [9.17, 15) is 4.79 Å². The summed E-state index contributed by atoms with van der Waals surface area (Å²) in [5.74, 6) is 0.410. The van der Waals surface area contributed by atoms with E-state index in [1.807, 2.05) is 36.4 Å². The fourth-order valence-electron chi connectivity index (χ4n) is 1.87. The van der Waals surface area contributed by atoms with E-state index in [0.717, 1.165) is 3.57 Å². The number of benzene rings is 2. The lowest BCUT2D eigenvalue weighted by Gasteiger charge is -2.12. The van der Waals surface area contributed by atoms with Crippen molar-refractivity contribution in [3.8, 4) is 5.75 Å². The lowest BCUT2D eigenvalue weighted by molar-refractivity contribution is -0.126. The van der Waals surface area contributed by atoms with Gasteiger partial charge in [0.1, 0.15) is 5.75 Å². The quantitative estimate of drug-likeness (QED) is 0.314. The van der Waals surface area contributed by atoms with E-state index in [1.54, 1.807) is 26.2 Å². The van der Waals surface area contributed by atoms with Crippen LogP contribution in [0.1, 0.15) is 12.5 Å². The van der Waals surface area contributed by atoms with Crippen LogP contribution in [0.3, 0.4) is 0 Å². The molecule has 2 rings (SSSR count). The molecular weight excluding hydrogens is 421 g/mol. The van der Waals surface area contributed by atoms with Gasteiger partial charge in [-0.2, -0.15) is 0 Å². The summed E-state index contributed by atoms with van der Waals surface area (Å²) < 4.78 is 6.30. The highest BCUT2D eigenvalue weighted by molar-refractivity contribution is 14.1. The van der Waals surface area contributed by atoms with E-state index in [0.29, 0.717) is 17.0 Å². The van der Waals surface area contributed by atoms with Gasteiger partial charge in [-0.1, -0.05) is 17.3 Å². The molecule has 0 saturated carbocycles. The molecule has 0 aromatic heterocycles. The number of carbonyl (C=O) groups excluding carboxylic acids is 1. The molecule has 0 spiro atoms. The number of anilines is 1. The van der Waals surface area contributed by atoms with Crippen molar-refractivity contribution >= 4 is 40.0 Å². The number of rotatable bonds is 6. The summed E-state index contributed by atoms with van der Waals surface area (Å²) in [7, 11) is 1.55. The van der Waals surface area contributed by atoms with Crippen LogP contribution in [0.25, 0.3) is 0 Å². The Balaban J connectivity index is 1.99. The van der Waals surface area contributed by atoms with E-state index in [1.165, 1.54) is 0 Å². The molecule has 1 unspecified atom stereocenters. The summed E-state index contributed by atoms with van der Waals surface area (Å²) in [4.78, 5) is 17.3. The Morgan fingerprint density at radius 3 is 2.54 bits per heavy atom. The molecule has 0 aliphatic carbocycles. The molecule has 3 N–H and O–H groups in total. The fourth-order valence-corrected chi connectivity index (χ4v) is 2.23. The average molecular weight is 439 g/mol. The van der Waals surface area contributed by atoms with Crippen molar-refractivity contribution < 1.29 is 14.4 Å². The molecule has 0 fully saturated rings. The number of ether oxygens (including phenoxy) is 1. The lowest BCUT2D eigenvalue weighted by atomic mass is 10.2. The third kappa shape index (κ3) is 4.85. The first-order chi connectivity index (χ1) is 11.5. The normalized spacial score (nSPS) is 12.4. The number of carbonyl (C=O) groups is 1. The molecule has 2 aromatic rings. The van der Waals surface area contributed by atoms with Crippen LogP contribution in [-0.2, 0) is 9.63 Å². The molecule has 1 atom stereocenters. The first-order valence-electron chi connectivity index (χ1n) is 7.20. The Bertz CT molecular complexity index is 732. The number of methoxy groups -OCH3 is 1. The second-order valence-electron chi connectivity index (χ2n) is 4.92. The highest BCUT2D eigenvalue weighted by atomic mass is 127. The maximum Gasteiger partial charge on any atom is 0.267 e. The Morgan fingerprint density at radius 1 is 1.21 bits per heavy atom. The number of para-hydroxylation sites is 1. The molecule has 0 bridgehead atoms. The van der Waals surface area contributed by atoms with Crippen LogP contribution in [-0.4, -0.2) is 25.0 Å². The van der Waals surface area contributed by atoms with Gasteiger partial charge in [0, 0.05) is 9.26 Å². The van der Waals surface area contributed by atoms with Crippen LogP contribution in [0.15, 0.2) is 53.7 Å². The number of hydrogen-bond acceptors (Lipinski definition) is 4. The predicted octanol–water partition coefficient (Wildman–Crippen LogP) is 2.96. The second kappa shape index (κ2) is 8.53. The molecule has 0 heterocycles. The Kier molecular flexibility index (Phi) is 6.42. The smallest absolute Gasteiger partial charge is 0.267 e. The van der Waals surface area contributed by atoms with Crippen molar-refractivity contribution in [2.75, 3.05) is 12.4 Å². The summed E-state index contributed by atoms with van der Waals surface area (Å²) >= 11 is 2.20. The molecule has 24 heavy (non-hydrogen) atoms. The summed E-state index contributed by atoms with van der Waals surface area (Å²) in [5.41, 5.74) is 7.20. The first kappa shape index (κ1) is 18.1. The standard InChI is InChI=1S/C17H18IN3O3/c1-11(17(22)20-13-9-7-12(18)8-10-13)24-21-16(19)14-5-3-4-6-15(14)23-2/h3-11H,1-2H3,(H2,19,21)(H,20,22). The summed E-state index contributed by atoms with van der Waals surface area (Å²) in [6, 6.07) is 14.6. The zero-order valence-electron chi connectivity index (χ0n) is 13.3. The van der Waals surface area contributed by atoms with Gasteiger partial charge < -0.3 is 20.6 Å². The Morgan fingerprint density at radius 2 is 1.88 bits per heavy atom. The van der Waals surface area contributed by atoms with Gasteiger partial charge in [0.2, 0.25) is 6.10 Å². The highest BCUT2D eigenvalue weighted by Gasteiger charge is 2.15. The minimum absolute atomic E-state index is 0.140. The van der Waals surface area contributed by atoms with E-state index >= 15 is 0 Å². The largest absolute Gasteiger partial charge is 0.496 e. The number of amides is 1. The fraction of sp³-hybridized carbons (Fsp3) is 0.176. The van der Waals surface area contributed by atoms with Crippen LogP contribution < -0.4 is 15.8 Å².